The van der Waals surface area contributed by atoms with Crippen molar-refractivity contribution >= 4 is 17.6 Å². The number of likely N-dealkylation sites (tertiary alicyclic amines) is 1. The first-order valence-electron chi connectivity index (χ1n) is 11.5. The minimum atomic E-state index is -3.09. The lowest BCUT2D eigenvalue weighted by Gasteiger charge is -2.33. The molecule has 0 radical (unpaired) electrons. The first-order chi connectivity index (χ1) is 15.3. The van der Waals surface area contributed by atoms with Crippen LogP contribution < -0.4 is 5.32 Å². The molecule has 8 heteroatoms. The van der Waals surface area contributed by atoms with Gasteiger partial charge in [-0.05, 0) is 43.2 Å². The van der Waals surface area contributed by atoms with Crippen molar-refractivity contribution < 1.29 is 29.0 Å². The number of piperidine rings is 1. The highest BCUT2D eigenvalue weighted by Gasteiger charge is 2.33. The molecule has 1 unspecified atom stereocenters. The van der Waals surface area contributed by atoms with E-state index in [0.717, 1.165) is 37.0 Å². The van der Waals surface area contributed by atoms with Crippen molar-refractivity contribution in [2.75, 3.05) is 13.1 Å². The van der Waals surface area contributed by atoms with Crippen molar-refractivity contribution in [3.05, 3.63) is 35.1 Å². The molecule has 1 aliphatic heterocycles. The van der Waals surface area contributed by atoms with Gasteiger partial charge in [-0.3, -0.25) is 14.4 Å². The van der Waals surface area contributed by atoms with E-state index in [4.69, 9.17) is 0 Å². The molecule has 2 aliphatic rings. The van der Waals surface area contributed by atoms with Gasteiger partial charge in [-0.1, -0.05) is 38.3 Å². The van der Waals surface area contributed by atoms with Gasteiger partial charge in [0.1, 0.15) is 5.82 Å². The quantitative estimate of drug-likeness (QED) is 0.649. The number of hydrogen-bond acceptors (Lipinski definition) is 3. The predicted molar refractivity (Wildman–Crippen MR) is 116 cm³/mol. The Hall–Kier alpha value is -2.38. The Bertz CT molecular complexity index is 846. The normalized spacial score (nSPS) is 20.8. The van der Waals surface area contributed by atoms with E-state index in [2.05, 4.69) is 5.32 Å². The summed E-state index contributed by atoms with van der Waals surface area (Å²) >= 11 is 0. The highest BCUT2D eigenvalue weighted by atomic mass is 19.3. The van der Waals surface area contributed by atoms with Gasteiger partial charge >= 0.3 is 6.43 Å². The molecule has 5 nitrogen and oxygen atoms in total. The molecule has 0 aromatic heterocycles. The van der Waals surface area contributed by atoms with Crippen LogP contribution in [0.4, 0.5) is 13.2 Å². The molecule has 1 N–H and O–H groups in total. The second-order valence-corrected chi connectivity index (χ2v) is 8.80. The van der Waals surface area contributed by atoms with Crippen molar-refractivity contribution in [3.63, 3.8) is 0 Å². The molecule has 32 heavy (non-hydrogen) atoms. The van der Waals surface area contributed by atoms with E-state index in [-0.39, 0.29) is 37.3 Å². The van der Waals surface area contributed by atoms with Crippen LogP contribution in [-0.4, -0.2) is 48.1 Å². The van der Waals surface area contributed by atoms with E-state index in [1.54, 1.807) is 13.0 Å². The summed E-state index contributed by atoms with van der Waals surface area (Å²) in [4.78, 5) is 38.2. The number of ketones is 1. The van der Waals surface area contributed by atoms with Gasteiger partial charge in [0.15, 0.2) is 5.78 Å². The summed E-state index contributed by atoms with van der Waals surface area (Å²) in [5, 5.41) is 2.77. The Kier molecular flexibility index (Phi) is 8.32. The Morgan fingerprint density at radius 3 is 2.50 bits per heavy atom. The Morgan fingerprint density at radius 2 is 1.84 bits per heavy atom. The lowest BCUT2D eigenvalue weighted by Crippen LogP contribution is -2.46. The fourth-order valence-electron chi connectivity index (χ4n) is 4.98. The van der Waals surface area contributed by atoms with Crippen LogP contribution >= 0.6 is 0 Å². The SMILES string of the molecule is CCC(=O)[C@H](NC(=O)c1cccc(C2CCCN(C(=O)C(F)F)C2)c1F)C1CCCCC1.[HH]. The van der Waals surface area contributed by atoms with Crippen molar-refractivity contribution in [2.45, 2.75) is 76.7 Å². The maximum atomic E-state index is 15.4. The van der Waals surface area contributed by atoms with Crippen LogP contribution in [0.25, 0.3) is 0 Å². The number of hydrogen-bond donors (Lipinski definition) is 1. The molecule has 2 amide bonds. The molecular weight excluding hydrogens is 421 g/mol. The molecule has 1 aliphatic carbocycles. The van der Waals surface area contributed by atoms with E-state index >= 15 is 4.39 Å². The zero-order valence-corrected chi connectivity index (χ0v) is 18.4. The Labute approximate surface area is 188 Å². The van der Waals surface area contributed by atoms with Gasteiger partial charge in [-0.2, -0.15) is 8.78 Å². The molecule has 0 spiro atoms. The number of nitrogens with zero attached hydrogens (tertiary/aromatic N) is 1. The molecule has 1 aromatic carbocycles. The second-order valence-electron chi connectivity index (χ2n) is 8.80. The molecule has 3 rings (SSSR count). The van der Waals surface area contributed by atoms with Gasteiger partial charge < -0.3 is 10.2 Å². The van der Waals surface area contributed by atoms with E-state index in [0.29, 0.717) is 19.3 Å². The highest BCUT2D eigenvalue weighted by molar-refractivity contribution is 5.98. The number of benzene rings is 1. The van der Waals surface area contributed by atoms with E-state index in [1.165, 1.54) is 12.1 Å². The molecule has 2 fully saturated rings. The zero-order chi connectivity index (χ0) is 23.3. The number of carbonyl (C=O) groups excluding carboxylic acids is 3. The van der Waals surface area contributed by atoms with Gasteiger partial charge in [0.25, 0.3) is 11.8 Å². The molecule has 1 saturated heterocycles. The second kappa shape index (κ2) is 11.0. The monoisotopic (exact) mass is 454 g/mol. The first-order valence-corrected chi connectivity index (χ1v) is 11.5. The number of amides is 2. The summed E-state index contributed by atoms with van der Waals surface area (Å²) in [6.07, 6.45) is 3.05. The van der Waals surface area contributed by atoms with Gasteiger partial charge in [0, 0.05) is 26.9 Å². The van der Waals surface area contributed by atoms with Gasteiger partial charge in [-0.25, -0.2) is 4.39 Å². The van der Waals surface area contributed by atoms with Gasteiger partial charge in [0.2, 0.25) is 0 Å². The van der Waals surface area contributed by atoms with Crippen molar-refractivity contribution in [3.8, 4) is 0 Å². The van der Waals surface area contributed by atoms with E-state index in [1.807, 2.05) is 0 Å². The molecular formula is C24H33F3N2O3. The third-order valence-electron chi connectivity index (χ3n) is 6.74. The van der Waals surface area contributed by atoms with Crippen LogP contribution in [0.3, 0.4) is 0 Å². The van der Waals surface area contributed by atoms with Gasteiger partial charge in [-0.15, -0.1) is 0 Å². The summed E-state index contributed by atoms with van der Waals surface area (Å²) in [6.45, 7) is 1.95. The molecule has 1 aromatic rings. The summed E-state index contributed by atoms with van der Waals surface area (Å²) in [5.74, 6) is -3.08. The number of rotatable bonds is 7. The fourth-order valence-corrected chi connectivity index (χ4v) is 4.98. The van der Waals surface area contributed by atoms with Crippen LogP contribution in [-0.2, 0) is 9.59 Å². The van der Waals surface area contributed by atoms with Crippen LogP contribution in [0.2, 0.25) is 0 Å². The molecule has 0 bridgehead atoms. The summed E-state index contributed by atoms with van der Waals surface area (Å²) in [7, 11) is 0. The average Bonchev–Trinajstić information content (AvgIpc) is 2.82. The van der Waals surface area contributed by atoms with Crippen LogP contribution in [0.5, 0.6) is 0 Å². The topological polar surface area (TPSA) is 66.5 Å². The molecule has 2 atom stereocenters. The maximum absolute atomic E-state index is 15.4. The minimum absolute atomic E-state index is 0. The first kappa shape index (κ1) is 24.3. The summed E-state index contributed by atoms with van der Waals surface area (Å²) in [6, 6.07) is 3.82. The Balaban J connectivity index is 0.00000385. The number of Topliss-reactive ketones (excluding diaryl/α,β-unsaturated/α-hetero) is 1. The average molecular weight is 455 g/mol. The fraction of sp³-hybridized carbons (Fsp3) is 0.625. The van der Waals surface area contributed by atoms with Crippen molar-refractivity contribution in [1.82, 2.24) is 10.2 Å². The van der Waals surface area contributed by atoms with Crippen molar-refractivity contribution in [2.24, 2.45) is 5.92 Å². The number of nitrogens with one attached hydrogen (secondary N) is 1. The number of carbonyl (C=O) groups is 3. The molecule has 1 heterocycles. The minimum Gasteiger partial charge on any atom is -0.342 e. The zero-order valence-electron chi connectivity index (χ0n) is 18.4. The maximum Gasteiger partial charge on any atom is 0.315 e. The summed E-state index contributed by atoms with van der Waals surface area (Å²) < 4.78 is 41.0. The van der Waals surface area contributed by atoms with Crippen molar-refractivity contribution in [1.29, 1.82) is 0 Å². The third-order valence-corrected chi connectivity index (χ3v) is 6.74. The predicted octanol–water partition coefficient (Wildman–Crippen LogP) is 4.70. The third kappa shape index (κ3) is 5.51. The Morgan fingerprint density at radius 1 is 1.12 bits per heavy atom. The van der Waals surface area contributed by atoms with Crippen LogP contribution in [0.15, 0.2) is 18.2 Å². The van der Waals surface area contributed by atoms with Crippen LogP contribution in [0.1, 0.15) is 81.6 Å². The molecule has 178 valence electrons. The lowest BCUT2D eigenvalue weighted by molar-refractivity contribution is -0.144. The molecule has 1 saturated carbocycles. The van der Waals surface area contributed by atoms with Crippen LogP contribution in [0, 0.1) is 11.7 Å². The van der Waals surface area contributed by atoms with E-state index < -0.39 is 36.0 Å². The number of alkyl halides is 2. The van der Waals surface area contributed by atoms with E-state index in [9.17, 15) is 23.2 Å². The smallest absolute Gasteiger partial charge is 0.315 e. The lowest BCUT2D eigenvalue weighted by atomic mass is 9.81. The summed E-state index contributed by atoms with van der Waals surface area (Å²) in [5.41, 5.74) is 0.0740. The standard InChI is InChI=1S/C24H31F3N2O3.H2/c1-2-19(30)21(15-8-4-3-5-9-15)28-23(31)18-12-6-11-17(20(18)25)16-10-7-13-29(14-16)24(32)22(26)27;/h6,11-12,15-16,21-22H,2-5,7-10,13-14H2,1H3,(H,28,31);1H/t16?,21-;/m1./s1. The largest absolute Gasteiger partial charge is 0.342 e. The highest BCUT2D eigenvalue weighted by Crippen LogP contribution is 2.31. The van der Waals surface area contributed by atoms with Gasteiger partial charge in [0.05, 0.1) is 11.6 Å². The number of halogens is 3.